The molecule has 0 saturated carbocycles. The first-order chi connectivity index (χ1) is 16.0. The second-order valence-electron chi connectivity index (χ2n) is 10.7. The van der Waals surface area contributed by atoms with Gasteiger partial charge in [-0.05, 0) is 52.0 Å². The summed E-state index contributed by atoms with van der Waals surface area (Å²) in [5.74, 6) is 1.65. The maximum absolute atomic E-state index is 13.6. The molecule has 3 amide bonds. The largest absolute Gasteiger partial charge is 0.343 e. The van der Waals surface area contributed by atoms with Crippen molar-refractivity contribution in [2.75, 3.05) is 31.8 Å². The fraction of sp³-hybridized carbons (Fsp3) is 0.808. The van der Waals surface area contributed by atoms with E-state index in [1.807, 2.05) is 31.7 Å². The minimum atomic E-state index is -0.603. The smallest absolute Gasteiger partial charge is 0.249 e. The SMILES string of the molecule is C/C(=C\[C@H](C(C)C)N(C)C(=O)[C@@H](NC(=O)C1CCCCN1C(C)C)C(C)C)C(=O)N1CCSC1. The molecule has 7 nitrogen and oxygen atoms in total. The summed E-state index contributed by atoms with van der Waals surface area (Å²) in [5, 5.41) is 3.10. The predicted molar refractivity (Wildman–Crippen MR) is 140 cm³/mol. The number of nitrogens with one attached hydrogen (secondary N) is 1. The molecular weight excluding hydrogens is 448 g/mol. The summed E-state index contributed by atoms with van der Waals surface area (Å²) in [6.07, 6.45) is 4.89. The van der Waals surface area contributed by atoms with Crippen LogP contribution in [0.25, 0.3) is 0 Å². The molecule has 0 bridgehead atoms. The number of likely N-dealkylation sites (N-methyl/N-ethyl adjacent to an activating group) is 1. The number of nitrogens with zero attached hydrogens (tertiary/aromatic N) is 3. The Morgan fingerprint density at radius 1 is 1.03 bits per heavy atom. The van der Waals surface area contributed by atoms with Crippen molar-refractivity contribution < 1.29 is 14.4 Å². The highest BCUT2D eigenvalue weighted by Crippen LogP contribution is 2.22. The van der Waals surface area contributed by atoms with Crippen molar-refractivity contribution in [3.63, 3.8) is 0 Å². The zero-order valence-electron chi connectivity index (χ0n) is 22.5. The summed E-state index contributed by atoms with van der Waals surface area (Å²) in [5.41, 5.74) is 0.667. The van der Waals surface area contributed by atoms with E-state index in [0.717, 1.165) is 44.0 Å². The van der Waals surface area contributed by atoms with Gasteiger partial charge in [-0.3, -0.25) is 19.3 Å². The van der Waals surface area contributed by atoms with Gasteiger partial charge >= 0.3 is 0 Å². The molecule has 0 aliphatic carbocycles. The number of hydrogen-bond donors (Lipinski definition) is 1. The highest BCUT2D eigenvalue weighted by Gasteiger charge is 2.36. The minimum Gasteiger partial charge on any atom is -0.343 e. The molecule has 2 rings (SSSR count). The van der Waals surface area contributed by atoms with Crippen LogP contribution in [0.1, 0.15) is 67.7 Å². The summed E-state index contributed by atoms with van der Waals surface area (Å²) in [6, 6.07) is -0.732. The first-order valence-electron chi connectivity index (χ1n) is 12.8. The Hall–Kier alpha value is -1.54. The lowest BCUT2D eigenvalue weighted by atomic mass is 9.95. The van der Waals surface area contributed by atoms with Crippen LogP contribution >= 0.6 is 11.8 Å². The quantitative estimate of drug-likeness (QED) is 0.498. The summed E-state index contributed by atoms with van der Waals surface area (Å²) in [4.78, 5) is 45.6. The Morgan fingerprint density at radius 2 is 1.71 bits per heavy atom. The van der Waals surface area contributed by atoms with Crippen LogP contribution in [0.2, 0.25) is 0 Å². The number of carbonyl (C=O) groups is 3. The maximum Gasteiger partial charge on any atom is 0.249 e. The fourth-order valence-electron chi connectivity index (χ4n) is 4.89. The topological polar surface area (TPSA) is 73.0 Å². The van der Waals surface area contributed by atoms with Crippen LogP contribution in [0.5, 0.6) is 0 Å². The van der Waals surface area contributed by atoms with Gasteiger partial charge in [0.15, 0.2) is 0 Å². The van der Waals surface area contributed by atoms with E-state index in [0.29, 0.717) is 5.57 Å². The molecule has 34 heavy (non-hydrogen) atoms. The third-order valence-electron chi connectivity index (χ3n) is 7.02. The van der Waals surface area contributed by atoms with Gasteiger partial charge in [0.1, 0.15) is 6.04 Å². The zero-order chi connectivity index (χ0) is 25.6. The first kappa shape index (κ1) is 28.7. The van der Waals surface area contributed by atoms with Crippen molar-refractivity contribution in [3.05, 3.63) is 11.6 Å². The summed E-state index contributed by atoms with van der Waals surface area (Å²) >= 11 is 1.76. The molecule has 2 aliphatic heterocycles. The Labute approximate surface area is 211 Å². The van der Waals surface area contributed by atoms with Gasteiger partial charge in [0.05, 0.1) is 18.0 Å². The molecule has 2 heterocycles. The van der Waals surface area contributed by atoms with Crippen molar-refractivity contribution in [1.82, 2.24) is 20.0 Å². The van der Waals surface area contributed by atoms with Gasteiger partial charge in [-0.15, -0.1) is 11.8 Å². The van der Waals surface area contributed by atoms with Crippen LogP contribution in [0.3, 0.4) is 0 Å². The molecule has 0 aromatic rings. The Bertz CT molecular complexity index is 746. The third-order valence-corrected chi connectivity index (χ3v) is 7.98. The summed E-state index contributed by atoms with van der Waals surface area (Å²) in [7, 11) is 1.79. The highest BCUT2D eigenvalue weighted by atomic mass is 32.2. The minimum absolute atomic E-state index is 0.0382. The van der Waals surface area contributed by atoms with E-state index in [9.17, 15) is 14.4 Å². The molecule has 194 valence electrons. The highest BCUT2D eigenvalue weighted by molar-refractivity contribution is 7.99. The molecule has 0 spiro atoms. The van der Waals surface area contributed by atoms with Gasteiger partial charge in [0, 0.05) is 31.0 Å². The van der Waals surface area contributed by atoms with Crippen molar-refractivity contribution in [1.29, 1.82) is 0 Å². The second-order valence-corrected chi connectivity index (χ2v) is 11.8. The monoisotopic (exact) mass is 494 g/mol. The summed E-state index contributed by atoms with van der Waals surface area (Å²) < 4.78 is 0. The lowest BCUT2D eigenvalue weighted by Gasteiger charge is -2.39. The van der Waals surface area contributed by atoms with Gasteiger partial charge in [-0.25, -0.2) is 0 Å². The zero-order valence-corrected chi connectivity index (χ0v) is 23.3. The van der Waals surface area contributed by atoms with E-state index in [4.69, 9.17) is 0 Å². The van der Waals surface area contributed by atoms with Crippen LogP contribution in [-0.4, -0.2) is 88.4 Å². The molecule has 1 N–H and O–H groups in total. The van der Waals surface area contributed by atoms with Crippen molar-refractivity contribution >= 4 is 29.5 Å². The number of likely N-dealkylation sites (tertiary alicyclic amines) is 1. The molecule has 0 aromatic carbocycles. The second kappa shape index (κ2) is 13.0. The van der Waals surface area contributed by atoms with Gasteiger partial charge in [0.2, 0.25) is 17.7 Å². The van der Waals surface area contributed by atoms with E-state index < -0.39 is 6.04 Å². The molecule has 2 aliphatic rings. The average molecular weight is 495 g/mol. The molecule has 2 fully saturated rings. The number of hydrogen-bond acceptors (Lipinski definition) is 5. The van der Waals surface area contributed by atoms with E-state index in [1.54, 1.807) is 23.7 Å². The van der Waals surface area contributed by atoms with Crippen molar-refractivity contribution in [3.8, 4) is 0 Å². The number of amides is 3. The fourth-order valence-corrected chi connectivity index (χ4v) is 5.83. The van der Waals surface area contributed by atoms with Crippen LogP contribution in [0.4, 0.5) is 0 Å². The Kier molecular flexibility index (Phi) is 10.9. The molecule has 3 atom stereocenters. The van der Waals surface area contributed by atoms with Crippen molar-refractivity contribution in [2.45, 2.75) is 91.9 Å². The van der Waals surface area contributed by atoms with Crippen LogP contribution in [-0.2, 0) is 14.4 Å². The molecular formula is C26H46N4O3S. The summed E-state index contributed by atoms with van der Waals surface area (Å²) in [6.45, 7) is 15.8. The molecule has 1 unspecified atom stereocenters. The number of rotatable bonds is 9. The lowest BCUT2D eigenvalue weighted by molar-refractivity contribution is -0.140. The first-order valence-corrected chi connectivity index (χ1v) is 14.0. The standard InChI is InChI=1S/C26H46N4O3S/c1-17(2)22(15-20(7)25(32)29-13-14-34-16-29)28(8)26(33)23(18(3)4)27-24(31)21-11-9-10-12-30(21)19(5)6/h15,17-19,21-23H,9-14,16H2,1-8H3,(H,27,31)/b20-15+/t21?,22-,23+/m1/s1. The van der Waals surface area contributed by atoms with Gasteiger partial charge in [-0.2, -0.15) is 0 Å². The molecule has 8 heteroatoms. The van der Waals surface area contributed by atoms with E-state index in [1.165, 1.54) is 0 Å². The van der Waals surface area contributed by atoms with Crippen LogP contribution < -0.4 is 5.32 Å². The number of thioether (sulfide) groups is 1. The van der Waals surface area contributed by atoms with Gasteiger partial charge in [0.25, 0.3) is 0 Å². The lowest BCUT2D eigenvalue weighted by Crippen LogP contribution is -2.58. The molecule has 2 saturated heterocycles. The van der Waals surface area contributed by atoms with Crippen molar-refractivity contribution in [2.24, 2.45) is 11.8 Å². The van der Waals surface area contributed by atoms with Crippen LogP contribution in [0.15, 0.2) is 11.6 Å². The number of carbonyl (C=O) groups excluding carboxylic acids is 3. The van der Waals surface area contributed by atoms with E-state index >= 15 is 0 Å². The Balaban J connectivity index is 2.17. The number of piperidine rings is 1. The maximum atomic E-state index is 13.6. The van der Waals surface area contributed by atoms with E-state index in [2.05, 4.69) is 37.9 Å². The molecule has 0 aromatic heterocycles. The average Bonchev–Trinajstić information content (AvgIpc) is 3.33. The van der Waals surface area contributed by atoms with Gasteiger partial charge in [-0.1, -0.05) is 40.2 Å². The molecule has 0 radical (unpaired) electrons. The predicted octanol–water partition coefficient (Wildman–Crippen LogP) is 3.35. The van der Waals surface area contributed by atoms with E-state index in [-0.39, 0.29) is 47.7 Å². The third kappa shape index (κ3) is 7.23. The van der Waals surface area contributed by atoms with Crippen LogP contribution in [0, 0.1) is 11.8 Å². The van der Waals surface area contributed by atoms with Gasteiger partial charge < -0.3 is 15.1 Å². The Morgan fingerprint density at radius 3 is 2.24 bits per heavy atom. The normalized spacial score (nSPS) is 21.8.